The molecule has 3 heterocycles. The van der Waals surface area contributed by atoms with Crippen molar-refractivity contribution in [3.8, 4) is 0 Å². The van der Waals surface area contributed by atoms with Gasteiger partial charge in [0.1, 0.15) is 17.4 Å². The largest absolute Gasteiger partial charge is 0.334 e. The molecule has 0 spiro atoms. The van der Waals surface area contributed by atoms with Crippen LogP contribution in [0.2, 0.25) is 0 Å². The Labute approximate surface area is 114 Å². The highest BCUT2D eigenvalue weighted by molar-refractivity contribution is 6.05. The summed E-state index contributed by atoms with van der Waals surface area (Å²) in [6, 6.07) is 4.78. The minimum Gasteiger partial charge on any atom is -0.334 e. The average Bonchev–Trinajstić information content (AvgIpc) is 2.81. The van der Waals surface area contributed by atoms with Crippen LogP contribution in [0.1, 0.15) is 17.4 Å². The Kier molecular flexibility index (Phi) is 2.74. The number of pyridine rings is 1. The van der Waals surface area contributed by atoms with Crippen molar-refractivity contribution in [3.63, 3.8) is 0 Å². The standard InChI is InChI=1S/C13H12N4O3/c1-8-13(20)15-11(19)6-17(8)12-9(7-18)16-5-3-2-4-10(16)14-12/h2-5,7-8H,6H2,1H3,(H,15,19,20). The fourth-order valence-corrected chi connectivity index (χ4v) is 2.30. The Hall–Kier alpha value is -2.70. The minimum absolute atomic E-state index is 0.00235. The zero-order valence-corrected chi connectivity index (χ0v) is 10.7. The van der Waals surface area contributed by atoms with E-state index in [2.05, 4.69) is 10.3 Å². The molecule has 0 radical (unpaired) electrons. The first kappa shape index (κ1) is 12.3. The molecule has 7 nitrogen and oxygen atoms in total. The third-order valence-electron chi connectivity index (χ3n) is 3.35. The second-order valence-electron chi connectivity index (χ2n) is 4.58. The van der Waals surface area contributed by atoms with Crippen molar-refractivity contribution in [3.05, 3.63) is 30.1 Å². The minimum atomic E-state index is -0.559. The van der Waals surface area contributed by atoms with E-state index >= 15 is 0 Å². The van der Waals surface area contributed by atoms with Gasteiger partial charge in [0.2, 0.25) is 11.8 Å². The van der Waals surface area contributed by atoms with Crippen molar-refractivity contribution in [1.82, 2.24) is 14.7 Å². The predicted molar refractivity (Wildman–Crippen MR) is 70.5 cm³/mol. The number of fused-ring (bicyclic) bond motifs is 1. The Morgan fingerprint density at radius 1 is 1.40 bits per heavy atom. The molecule has 0 aliphatic carbocycles. The number of rotatable bonds is 2. The highest BCUT2D eigenvalue weighted by Gasteiger charge is 2.33. The number of hydrogen-bond donors (Lipinski definition) is 1. The molecule has 3 rings (SSSR count). The maximum Gasteiger partial charge on any atom is 0.249 e. The Morgan fingerprint density at radius 3 is 2.95 bits per heavy atom. The summed E-state index contributed by atoms with van der Waals surface area (Å²) in [6.45, 7) is 1.66. The van der Waals surface area contributed by atoms with E-state index in [1.54, 1.807) is 35.7 Å². The summed E-state index contributed by atoms with van der Waals surface area (Å²) >= 11 is 0. The number of hydrogen-bond acceptors (Lipinski definition) is 5. The molecule has 0 bridgehead atoms. The van der Waals surface area contributed by atoms with Crippen molar-refractivity contribution in [1.29, 1.82) is 0 Å². The first-order valence-electron chi connectivity index (χ1n) is 6.14. The summed E-state index contributed by atoms with van der Waals surface area (Å²) in [4.78, 5) is 40.5. The third kappa shape index (κ3) is 1.75. The number of imide groups is 1. The maximum atomic E-state index is 11.7. The summed E-state index contributed by atoms with van der Waals surface area (Å²) in [6.07, 6.45) is 2.39. The van der Waals surface area contributed by atoms with Crippen LogP contribution >= 0.6 is 0 Å². The normalized spacial score (nSPS) is 19.2. The van der Waals surface area contributed by atoms with E-state index in [1.807, 2.05) is 0 Å². The molecule has 0 aromatic carbocycles. The van der Waals surface area contributed by atoms with Gasteiger partial charge in [-0.05, 0) is 19.1 Å². The quantitative estimate of drug-likeness (QED) is 0.614. The lowest BCUT2D eigenvalue weighted by atomic mass is 10.2. The van der Waals surface area contributed by atoms with E-state index in [1.165, 1.54) is 4.90 Å². The molecule has 1 aliphatic heterocycles. The van der Waals surface area contributed by atoms with Gasteiger partial charge in [0.05, 0.1) is 6.54 Å². The number of carbonyl (C=O) groups is 3. The second-order valence-corrected chi connectivity index (χ2v) is 4.58. The smallest absolute Gasteiger partial charge is 0.249 e. The number of aldehydes is 1. The number of aromatic nitrogens is 2. The van der Waals surface area contributed by atoms with Crippen LogP contribution in [0.15, 0.2) is 24.4 Å². The molecule has 2 aromatic rings. The summed E-state index contributed by atoms with van der Waals surface area (Å²) in [5, 5.41) is 2.26. The maximum absolute atomic E-state index is 11.7. The Balaban J connectivity index is 2.15. The molecule has 1 aliphatic rings. The lowest BCUT2D eigenvalue weighted by molar-refractivity contribution is -0.132. The summed E-state index contributed by atoms with van der Waals surface area (Å²) in [5.41, 5.74) is 0.921. The van der Waals surface area contributed by atoms with Crippen LogP contribution in [0.5, 0.6) is 0 Å². The van der Waals surface area contributed by atoms with Crippen LogP contribution in [0, 0.1) is 0 Å². The first-order chi connectivity index (χ1) is 9.61. The number of carbonyl (C=O) groups excluding carboxylic acids is 3. The number of anilines is 1. The van der Waals surface area contributed by atoms with E-state index < -0.39 is 17.9 Å². The predicted octanol–water partition coefficient (Wildman–Crippen LogP) is -0.00190. The topological polar surface area (TPSA) is 83.8 Å². The van der Waals surface area contributed by atoms with E-state index in [0.29, 0.717) is 23.4 Å². The lowest BCUT2D eigenvalue weighted by Gasteiger charge is -2.31. The van der Waals surface area contributed by atoms with Gasteiger partial charge in [-0.25, -0.2) is 4.98 Å². The van der Waals surface area contributed by atoms with E-state index in [0.717, 1.165) is 0 Å². The van der Waals surface area contributed by atoms with Gasteiger partial charge in [-0.15, -0.1) is 0 Å². The number of amides is 2. The average molecular weight is 272 g/mol. The van der Waals surface area contributed by atoms with Crippen LogP contribution in [-0.4, -0.2) is 40.1 Å². The molecule has 1 unspecified atom stereocenters. The Bertz CT molecular complexity index is 721. The fraction of sp³-hybridized carbons (Fsp3) is 0.231. The fourth-order valence-electron chi connectivity index (χ4n) is 2.30. The Morgan fingerprint density at radius 2 is 2.20 bits per heavy atom. The monoisotopic (exact) mass is 272 g/mol. The van der Waals surface area contributed by atoms with Gasteiger partial charge >= 0.3 is 0 Å². The lowest BCUT2D eigenvalue weighted by Crippen LogP contribution is -2.57. The van der Waals surface area contributed by atoms with E-state index in [-0.39, 0.29) is 6.54 Å². The molecule has 102 valence electrons. The highest BCUT2D eigenvalue weighted by Crippen LogP contribution is 2.23. The first-order valence-corrected chi connectivity index (χ1v) is 6.14. The van der Waals surface area contributed by atoms with Gasteiger partial charge in [-0.1, -0.05) is 6.07 Å². The zero-order chi connectivity index (χ0) is 14.3. The molecule has 20 heavy (non-hydrogen) atoms. The highest BCUT2D eigenvalue weighted by atomic mass is 16.2. The van der Waals surface area contributed by atoms with Gasteiger partial charge in [-0.3, -0.25) is 24.1 Å². The second kappa shape index (κ2) is 4.44. The van der Waals surface area contributed by atoms with Crippen molar-refractivity contribution in [2.24, 2.45) is 0 Å². The molecule has 2 aromatic heterocycles. The molecule has 1 saturated heterocycles. The van der Waals surface area contributed by atoms with Crippen LogP contribution in [0.25, 0.3) is 5.65 Å². The molecular formula is C13H12N4O3. The van der Waals surface area contributed by atoms with Gasteiger partial charge in [0.25, 0.3) is 0 Å². The number of nitrogens with one attached hydrogen (secondary N) is 1. The SMILES string of the molecule is CC1C(=O)NC(=O)CN1c1nc2ccccn2c1C=O. The van der Waals surface area contributed by atoms with Gasteiger partial charge < -0.3 is 4.90 Å². The zero-order valence-electron chi connectivity index (χ0n) is 10.7. The molecule has 1 N–H and O–H groups in total. The third-order valence-corrected chi connectivity index (χ3v) is 3.35. The van der Waals surface area contributed by atoms with Crippen LogP contribution in [0.3, 0.4) is 0 Å². The van der Waals surface area contributed by atoms with Crippen LogP contribution in [-0.2, 0) is 9.59 Å². The van der Waals surface area contributed by atoms with E-state index in [9.17, 15) is 14.4 Å². The number of nitrogens with zero attached hydrogens (tertiary/aromatic N) is 3. The van der Waals surface area contributed by atoms with Crippen molar-refractivity contribution in [2.45, 2.75) is 13.0 Å². The molecule has 1 fully saturated rings. The van der Waals surface area contributed by atoms with Crippen molar-refractivity contribution >= 4 is 29.6 Å². The number of piperazine rings is 1. The molecular weight excluding hydrogens is 260 g/mol. The van der Waals surface area contributed by atoms with Crippen LogP contribution in [0.4, 0.5) is 5.82 Å². The van der Waals surface area contributed by atoms with Gasteiger partial charge in [0, 0.05) is 6.20 Å². The summed E-state index contributed by atoms with van der Waals surface area (Å²) < 4.78 is 1.63. The van der Waals surface area contributed by atoms with E-state index in [4.69, 9.17) is 0 Å². The molecule has 0 saturated carbocycles. The summed E-state index contributed by atoms with van der Waals surface area (Å²) in [5.74, 6) is -0.445. The van der Waals surface area contributed by atoms with Gasteiger partial charge in [-0.2, -0.15) is 0 Å². The van der Waals surface area contributed by atoms with Crippen LogP contribution < -0.4 is 10.2 Å². The number of imidazole rings is 1. The molecule has 2 amide bonds. The van der Waals surface area contributed by atoms with Gasteiger partial charge in [0.15, 0.2) is 12.1 Å². The van der Waals surface area contributed by atoms with Crippen molar-refractivity contribution in [2.75, 3.05) is 11.4 Å². The van der Waals surface area contributed by atoms with Crippen molar-refractivity contribution < 1.29 is 14.4 Å². The molecule has 7 heteroatoms. The summed E-state index contributed by atoms with van der Waals surface area (Å²) in [7, 11) is 0. The molecule has 1 atom stereocenters.